The van der Waals surface area contributed by atoms with Crippen LogP contribution in [-0.4, -0.2) is 5.11 Å². The number of allylic oxidation sites excluding steroid dienone is 1. The zero-order valence-corrected chi connectivity index (χ0v) is 10.8. The second-order valence-corrected chi connectivity index (χ2v) is 6.13. The van der Waals surface area contributed by atoms with Gasteiger partial charge in [0.1, 0.15) is 11.9 Å². The van der Waals surface area contributed by atoms with Gasteiger partial charge in [0.05, 0.1) is 6.26 Å². The standard InChI is InChI=1S/C15H20O2/c1-9-5-7-14(3)10(2)11-6-8-17-12(11)13(16)15(9,14)4/h6,8-9,13,16H,2,5,7H2,1,3-4H3. The summed E-state index contributed by atoms with van der Waals surface area (Å²) in [6.07, 6.45) is 3.40. The highest BCUT2D eigenvalue weighted by molar-refractivity contribution is 5.73. The van der Waals surface area contributed by atoms with Gasteiger partial charge in [0.2, 0.25) is 0 Å². The zero-order chi connectivity index (χ0) is 12.4. The average Bonchev–Trinajstić information content (AvgIpc) is 2.87. The van der Waals surface area contributed by atoms with Crippen molar-refractivity contribution in [3.05, 3.63) is 30.2 Å². The zero-order valence-electron chi connectivity index (χ0n) is 10.8. The maximum Gasteiger partial charge on any atom is 0.140 e. The fraction of sp³-hybridized carbons (Fsp3) is 0.600. The van der Waals surface area contributed by atoms with E-state index in [9.17, 15) is 5.11 Å². The molecule has 92 valence electrons. The number of hydrogen-bond acceptors (Lipinski definition) is 2. The fourth-order valence-electron chi connectivity index (χ4n) is 4.02. The van der Waals surface area contributed by atoms with Crippen molar-refractivity contribution < 1.29 is 9.52 Å². The van der Waals surface area contributed by atoms with Crippen molar-refractivity contribution in [1.82, 2.24) is 0 Å². The van der Waals surface area contributed by atoms with Crippen LogP contribution in [0.25, 0.3) is 5.57 Å². The molecule has 0 saturated heterocycles. The number of furan rings is 1. The molecule has 0 radical (unpaired) electrons. The second-order valence-electron chi connectivity index (χ2n) is 6.13. The van der Waals surface area contributed by atoms with Crippen LogP contribution in [0.1, 0.15) is 51.0 Å². The van der Waals surface area contributed by atoms with Crippen LogP contribution in [0.3, 0.4) is 0 Å². The molecule has 0 bridgehead atoms. The molecule has 4 unspecified atom stereocenters. The lowest BCUT2D eigenvalue weighted by Crippen LogP contribution is -2.45. The summed E-state index contributed by atoms with van der Waals surface area (Å²) < 4.78 is 5.49. The largest absolute Gasteiger partial charge is 0.466 e. The molecular formula is C15H20O2. The molecule has 4 atom stereocenters. The predicted octanol–water partition coefficient (Wildman–Crippen LogP) is 3.78. The lowest BCUT2D eigenvalue weighted by atomic mass is 9.54. The third kappa shape index (κ3) is 1.01. The number of rotatable bonds is 0. The maximum atomic E-state index is 10.7. The Morgan fingerprint density at radius 2 is 2.18 bits per heavy atom. The molecule has 1 heterocycles. The van der Waals surface area contributed by atoms with Crippen molar-refractivity contribution in [2.45, 2.75) is 39.7 Å². The van der Waals surface area contributed by atoms with Gasteiger partial charge < -0.3 is 9.52 Å². The summed E-state index contributed by atoms with van der Waals surface area (Å²) in [6, 6.07) is 1.94. The average molecular weight is 232 g/mol. The number of fused-ring (bicyclic) bond motifs is 2. The molecule has 0 aromatic carbocycles. The quantitative estimate of drug-likeness (QED) is 0.738. The van der Waals surface area contributed by atoms with Crippen LogP contribution < -0.4 is 0 Å². The molecule has 1 saturated carbocycles. The molecule has 0 aliphatic heterocycles. The summed E-state index contributed by atoms with van der Waals surface area (Å²) >= 11 is 0. The van der Waals surface area contributed by atoms with E-state index in [-0.39, 0.29) is 10.8 Å². The number of aliphatic hydroxyl groups is 1. The van der Waals surface area contributed by atoms with Crippen LogP contribution in [-0.2, 0) is 0 Å². The van der Waals surface area contributed by atoms with Gasteiger partial charge in [-0.15, -0.1) is 0 Å². The summed E-state index contributed by atoms with van der Waals surface area (Å²) in [5.74, 6) is 1.20. The highest BCUT2D eigenvalue weighted by Gasteiger charge is 2.62. The molecule has 0 amide bonds. The van der Waals surface area contributed by atoms with Crippen molar-refractivity contribution in [3.63, 3.8) is 0 Å². The van der Waals surface area contributed by atoms with Gasteiger partial charge in [-0.2, -0.15) is 0 Å². The van der Waals surface area contributed by atoms with Crippen molar-refractivity contribution >= 4 is 5.57 Å². The lowest BCUT2D eigenvalue weighted by molar-refractivity contribution is -0.0571. The minimum Gasteiger partial charge on any atom is -0.466 e. The van der Waals surface area contributed by atoms with Crippen LogP contribution in [0.15, 0.2) is 23.3 Å². The minimum absolute atomic E-state index is 0.0112. The Balaban J connectivity index is 2.27. The molecule has 2 aliphatic carbocycles. The summed E-state index contributed by atoms with van der Waals surface area (Å²) in [7, 11) is 0. The smallest absolute Gasteiger partial charge is 0.140 e. The first-order chi connectivity index (χ1) is 7.93. The Bertz CT molecular complexity index is 487. The van der Waals surface area contributed by atoms with Crippen LogP contribution >= 0.6 is 0 Å². The molecule has 1 aromatic heterocycles. The van der Waals surface area contributed by atoms with Crippen LogP contribution in [0, 0.1) is 16.7 Å². The highest BCUT2D eigenvalue weighted by Crippen LogP contribution is 2.69. The Morgan fingerprint density at radius 1 is 1.47 bits per heavy atom. The highest BCUT2D eigenvalue weighted by atomic mass is 16.4. The van der Waals surface area contributed by atoms with Crippen LogP contribution in [0.2, 0.25) is 0 Å². The van der Waals surface area contributed by atoms with E-state index in [1.165, 1.54) is 0 Å². The lowest BCUT2D eigenvalue weighted by Gasteiger charge is -2.50. The molecule has 1 fully saturated rings. The summed E-state index contributed by atoms with van der Waals surface area (Å²) in [4.78, 5) is 0. The third-order valence-electron chi connectivity index (χ3n) is 5.79. The Labute approximate surface area is 102 Å². The molecule has 2 aliphatic rings. The Hall–Kier alpha value is -1.02. The van der Waals surface area contributed by atoms with Gasteiger partial charge in [0.15, 0.2) is 0 Å². The van der Waals surface area contributed by atoms with Gasteiger partial charge in [-0.05, 0) is 30.4 Å². The van der Waals surface area contributed by atoms with E-state index in [0.29, 0.717) is 11.7 Å². The molecule has 0 spiro atoms. The molecule has 1 aromatic rings. The van der Waals surface area contributed by atoms with Crippen molar-refractivity contribution in [2.75, 3.05) is 0 Å². The van der Waals surface area contributed by atoms with Gasteiger partial charge in [-0.3, -0.25) is 0 Å². The van der Waals surface area contributed by atoms with Gasteiger partial charge in [-0.25, -0.2) is 0 Å². The van der Waals surface area contributed by atoms with Gasteiger partial charge in [-0.1, -0.05) is 27.4 Å². The van der Waals surface area contributed by atoms with E-state index in [2.05, 4.69) is 27.4 Å². The molecule has 1 N–H and O–H groups in total. The van der Waals surface area contributed by atoms with E-state index >= 15 is 0 Å². The number of aliphatic hydroxyl groups excluding tert-OH is 1. The van der Waals surface area contributed by atoms with E-state index in [4.69, 9.17) is 4.42 Å². The predicted molar refractivity (Wildman–Crippen MR) is 67.3 cm³/mol. The van der Waals surface area contributed by atoms with E-state index in [0.717, 1.165) is 24.0 Å². The van der Waals surface area contributed by atoms with Crippen molar-refractivity contribution in [2.24, 2.45) is 16.7 Å². The first kappa shape index (κ1) is 11.1. The molecule has 2 heteroatoms. The molecular weight excluding hydrogens is 212 g/mol. The third-order valence-corrected chi connectivity index (χ3v) is 5.79. The molecule has 3 rings (SSSR count). The molecule has 17 heavy (non-hydrogen) atoms. The summed E-state index contributed by atoms with van der Waals surface area (Å²) in [5, 5.41) is 10.7. The van der Waals surface area contributed by atoms with E-state index < -0.39 is 6.10 Å². The monoisotopic (exact) mass is 232 g/mol. The SMILES string of the molecule is C=C1c2ccoc2C(O)C2(C)C(C)CCC12C. The van der Waals surface area contributed by atoms with Crippen LogP contribution in [0.5, 0.6) is 0 Å². The van der Waals surface area contributed by atoms with Gasteiger partial charge in [0.25, 0.3) is 0 Å². The Morgan fingerprint density at radius 3 is 2.88 bits per heavy atom. The Kier molecular flexibility index (Phi) is 1.99. The van der Waals surface area contributed by atoms with Gasteiger partial charge >= 0.3 is 0 Å². The molecule has 2 nitrogen and oxygen atoms in total. The van der Waals surface area contributed by atoms with Crippen molar-refractivity contribution in [3.8, 4) is 0 Å². The summed E-state index contributed by atoms with van der Waals surface area (Å²) in [5.41, 5.74) is 1.99. The summed E-state index contributed by atoms with van der Waals surface area (Å²) in [6.45, 7) is 11.0. The maximum absolute atomic E-state index is 10.7. The van der Waals surface area contributed by atoms with Gasteiger partial charge in [0, 0.05) is 16.4 Å². The fourth-order valence-corrected chi connectivity index (χ4v) is 4.02. The van der Waals surface area contributed by atoms with E-state index in [1.54, 1.807) is 6.26 Å². The second kappa shape index (κ2) is 3.05. The minimum atomic E-state index is -0.513. The first-order valence-corrected chi connectivity index (χ1v) is 6.38. The first-order valence-electron chi connectivity index (χ1n) is 6.38. The topological polar surface area (TPSA) is 33.4 Å². The van der Waals surface area contributed by atoms with E-state index in [1.807, 2.05) is 6.07 Å². The number of hydrogen-bond donors (Lipinski definition) is 1. The van der Waals surface area contributed by atoms with Crippen molar-refractivity contribution in [1.29, 1.82) is 0 Å². The van der Waals surface area contributed by atoms with Crippen LogP contribution in [0.4, 0.5) is 0 Å². The normalized spacial score (nSPS) is 44.6.